The van der Waals surface area contributed by atoms with Crippen LogP contribution in [0, 0.1) is 6.92 Å². The molecule has 1 aromatic carbocycles. The molecule has 0 radical (unpaired) electrons. The van der Waals surface area contributed by atoms with E-state index in [4.69, 9.17) is 0 Å². The highest BCUT2D eigenvalue weighted by Gasteiger charge is 2.19. The molecule has 132 valence electrons. The molecule has 1 heterocycles. The summed E-state index contributed by atoms with van der Waals surface area (Å²) in [6.07, 6.45) is 4.68. The van der Waals surface area contributed by atoms with Gasteiger partial charge in [0.25, 0.3) is 0 Å². The SMILES string of the molecule is Cc1ccc(S(=O)(=O)CCCC(=O)Nc2ncnc3c2CCC3)cc1. The van der Waals surface area contributed by atoms with Crippen LogP contribution in [-0.2, 0) is 27.5 Å². The Labute approximate surface area is 147 Å². The van der Waals surface area contributed by atoms with Crippen LogP contribution in [0.5, 0.6) is 0 Å². The fourth-order valence-electron chi connectivity index (χ4n) is 2.95. The maximum absolute atomic E-state index is 12.3. The Morgan fingerprint density at radius 3 is 2.68 bits per heavy atom. The molecule has 0 bridgehead atoms. The van der Waals surface area contributed by atoms with Crippen molar-refractivity contribution in [2.24, 2.45) is 0 Å². The second-order valence-corrected chi connectivity index (χ2v) is 8.39. The van der Waals surface area contributed by atoms with Gasteiger partial charge in [-0.3, -0.25) is 4.79 Å². The summed E-state index contributed by atoms with van der Waals surface area (Å²) in [6, 6.07) is 6.76. The van der Waals surface area contributed by atoms with Crippen LogP contribution in [-0.4, -0.2) is 30.0 Å². The standard InChI is InChI=1S/C18H21N3O3S/c1-13-7-9-14(10-8-13)25(23,24)11-3-6-17(22)21-18-15-4-2-5-16(15)19-12-20-18/h7-10,12H,2-6,11H2,1H3,(H,19,20,21,22). The lowest BCUT2D eigenvalue weighted by Crippen LogP contribution is -2.16. The Balaban J connectivity index is 1.55. The Morgan fingerprint density at radius 1 is 1.16 bits per heavy atom. The molecule has 7 heteroatoms. The lowest BCUT2D eigenvalue weighted by Gasteiger charge is -2.09. The quantitative estimate of drug-likeness (QED) is 0.856. The van der Waals surface area contributed by atoms with Gasteiger partial charge in [0.15, 0.2) is 9.84 Å². The number of carbonyl (C=O) groups excluding carboxylic acids is 1. The third-order valence-corrected chi connectivity index (χ3v) is 6.15. The molecule has 0 unspecified atom stereocenters. The van der Waals surface area contributed by atoms with Gasteiger partial charge in [0.1, 0.15) is 12.1 Å². The maximum atomic E-state index is 12.3. The average Bonchev–Trinajstić information content (AvgIpc) is 3.05. The van der Waals surface area contributed by atoms with Crippen molar-refractivity contribution in [2.45, 2.75) is 43.9 Å². The topological polar surface area (TPSA) is 89.0 Å². The van der Waals surface area contributed by atoms with Gasteiger partial charge in [0, 0.05) is 17.7 Å². The molecule has 1 amide bonds. The van der Waals surface area contributed by atoms with E-state index in [1.807, 2.05) is 6.92 Å². The minimum Gasteiger partial charge on any atom is -0.310 e. The number of anilines is 1. The van der Waals surface area contributed by atoms with Crippen LogP contribution in [0.25, 0.3) is 0 Å². The largest absolute Gasteiger partial charge is 0.310 e. The molecule has 0 fully saturated rings. The number of aromatic nitrogens is 2. The second kappa shape index (κ2) is 7.31. The lowest BCUT2D eigenvalue weighted by molar-refractivity contribution is -0.116. The minimum absolute atomic E-state index is 0.0502. The number of carbonyl (C=O) groups is 1. The number of aryl methyl sites for hydroxylation is 2. The summed E-state index contributed by atoms with van der Waals surface area (Å²) in [5.74, 6) is 0.298. The number of benzene rings is 1. The van der Waals surface area contributed by atoms with Crippen molar-refractivity contribution in [3.63, 3.8) is 0 Å². The average molecular weight is 359 g/mol. The molecule has 25 heavy (non-hydrogen) atoms. The molecule has 0 spiro atoms. The van der Waals surface area contributed by atoms with Crippen molar-refractivity contribution >= 4 is 21.6 Å². The monoisotopic (exact) mass is 359 g/mol. The van der Waals surface area contributed by atoms with Gasteiger partial charge in [0.2, 0.25) is 5.91 Å². The van der Waals surface area contributed by atoms with Crippen molar-refractivity contribution in [3.8, 4) is 0 Å². The minimum atomic E-state index is -3.36. The van der Waals surface area contributed by atoms with Crippen LogP contribution < -0.4 is 5.32 Å². The Bertz CT molecular complexity index is 877. The van der Waals surface area contributed by atoms with Gasteiger partial charge >= 0.3 is 0 Å². The smallest absolute Gasteiger partial charge is 0.225 e. The highest BCUT2D eigenvalue weighted by Crippen LogP contribution is 2.25. The first-order chi connectivity index (χ1) is 12.0. The maximum Gasteiger partial charge on any atom is 0.225 e. The Kier molecular flexibility index (Phi) is 5.13. The molecular weight excluding hydrogens is 338 g/mol. The summed E-state index contributed by atoms with van der Waals surface area (Å²) in [6.45, 7) is 1.91. The predicted molar refractivity (Wildman–Crippen MR) is 95.2 cm³/mol. The van der Waals surface area contributed by atoms with Crippen LogP contribution in [0.2, 0.25) is 0 Å². The summed E-state index contributed by atoms with van der Waals surface area (Å²) < 4.78 is 24.6. The van der Waals surface area contributed by atoms with Crippen molar-refractivity contribution in [2.75, 3.05) is 11.1 Å². The first-order valence-corrected chi connectivity index (χ1v) is 10.0. The number of sulfone groups is 1. The van der Waals surface area contributed by atoms with Crippen LogP contribution in [0.3, 0.4) is 0 Å². The van der Waals surface area contributed by atoms with Gasteiger partial charge in [0.05, 0.1) is 10.6 Å². The number of amides is 1. The number of fused-ring (bicyclic) bond motifs is 1. The number of rotatable bonds is 6. The van der Waals surface area contributed by atoms with Crippen LogP contribution in [0.15, 0.2) is 35.5 Å². The summed E-state index contributed by atoms with van der Waals surface area (Å²) in [7, 11) is -3.36. The van der Waals surface area contributed by atoms with Crippen molar-refractivity contribution < 1.29 is 13.2 Å². The number of nitrogens with zero attached hydrogens (tertiary/aromatic N) is 2. The molecule has 0 aliphatic heterocycles. The molecule has 2 aromatic rings. The molecule has 0 saturated heterocycles. The van der Waals surface area contributed by atoms with Gasteiger partial charge < -0.3 is 5.32 Å². The van der Waals surface area contributed by atoms with E-state index in [9.17, 15) is 13.2 Å². The van der Waals surface area contributed by atoms with Gasteiger partial charge in [-0.25, -0.2) is 18.4 Å². The molecule has 1 aliphatic carbocycles. The number of nitrogens with one attached hydrogen (secondary N) is 1. The van der Waals surface area contributed by atoms with Crippen LogP contribution >= 0.6 is 0 Å². The van der Waals surface area contributed by atoms with Crippen molar-refractivity contribution in [1.29, 1.82) is 0 Å². The third kappa shape index (κ3) is 4.22. The third-order valence-electron chi connectivity index (χ3n) is 4.33. The molecule has 1 aliphatic rings. The summed E-state index contributed by atoms with van der Waals surface area (Å²) >= 11 is 0. The molecule has 1 N–H and O–H groups in total. The van der Waals surface area contributed by atoms with E-state index < -0.39 is 9.84 Å². The Morgan fingerprint density at radius 2 is 1.92 bits per heavy atom. The highest BCUT2D eigenvalue weighted by atomic mass is 32.2. The normalized spacial score (nSPS) is 13.5. The number of hydrogen-bond acceptors (Lipinski definition) is 5. The summed E-state index contributed by atoms with van der Waals surface area (Å²) in [5, 5.41) is 2.79. The van der Waals surface area contributed by atoms with Gasteiger partial charge in [-0.2, -0.15) is 0 Å². The van der Waals surface area contributed by atoms with E-state index in [-0.39, 0.29) is 24.5 Å². The fraction of sp³-hybridized carbons (Fsp3) is 0.389. The molecule has 6 nitrogen and oxygen atoms in total. The first-order valence-electron chi connectivity index (χ1n) is 8.38. The zero-order valence-corrected chi connectivity index (χ0v) is 15.0. The second-order valence-electron chi connectivity index (χ2n) is 6.28. The van der Waals surface area contributed by atoms with E-state index in [2.05, 4.69) is 15.3 Å². The van der Waals surface area contributed by atoms with Gasteiger partial charge in [-0.1, -0.05) is 17.7 Å². The summed E-state index contributed by atoms with van der Waals surface area (Å²) in [5.41, 5.74) is 3.01. The number of hydrogen-bond donors (Lipinski definition) is 1. The molecule has 0 saturated carbocycles. The van der Waals surface area contributed by atoms with Crippen molar-refractivity contribution in [1.82, 2.24) is 9.97 Å². The Hall–Kier alpha value is -2.28. The fourth-order valence-corrected chi connectivity index (χ4v) is 4.26. The predicted octanol–water partition coefficient (Wildman–Crippen LogP) is 2.47. The van der Waals surface area contributed by atoms with Crippen LogP contribution in [0.1, 0.15) is 36.1 Å². The highest BCUT2D eigenvalue weighted by molar-refractivity contribution is 7.91. The lowest BCUT2D eigenvalue weighted by atomic mass is 10.2. The van der Waals surface area contributed by atoms with Gasteiger partial charge in [-0.15, -0.1) is 0 Å². The van der Waals surface area contributed by atoms with E-state index in [0.29, 0.717) is 10.7 Å². The molecule has 3 rings (SSSR count). The van der Waals surface area contributed by atoms with Gasteiger partial charge in [-0.05, 0) is 44.7 Å². The molecule has 1 aromatic heterocycles. The zero-order valence-electron chi connectivity index (χ0n) is 14.2. The molecular formula is C18H21N3O3S. The van der Waals surface area contributed by atoms with E-state index in [1.165, 1.54) is 6.33 Å². The first kappa shape index (κ1) is 17.5. The molecule has 0 atom stereocenters. The zero-order chi connectivity index (χ0) is 17.9. The summed E-state index contributed by atoms with van der Waals surface area (Å²) in [4.78, 5) is 20.8. The van der Waals surface area contributed by atoms with Crippen molar-refractivity contribution in [3.05, 3.63) is 47.4 Å². The van der Waals surface area contributed by atoms with Crippen LogP contribution in [0.4, 0.5) is 5.82 Å². The van der Waals surface area contributed by atoms with E-state index in [1.54, 1.807) is 24.3 Å². The van der Waals surface area contributed by atoms with E-state index in [0.717, 1.165) is 36.1 Å². The van der Waals surface area contributed by atoms with E-state index >= 15 is 0 Å².